The van der Waals surface area contributed by atoms with Crippen molar-refractivity contribution < 1.29 is 9.21 Å². The lowest BCUT2D eigenvalue weighted by atomic mass is 10.2. The van der Waals surface area contributed by atoms with Gasteiger partial charge in [0.2, 0.25) is 5.78 Å². The summed E-state index contributed by atoms with van der Waals surface area (Å²) in [6.07, 6.45) is 1.41. The molecule has 0 spiro atoms. The second-order valence-corrected chi connectivity index (χ2v) is 6.41. The maximum atomic E-state index is 12.6. The summed E-state index contributed by atoms with van der Waals surface area (Å²) in [5.74, 6) is 0.347. The van der Waals surface area contributed by atoms with Gasteiger partial charge in [-0.1, -0.05) is 0 Å². The molecule has 7 heteroatoms. The minimum atomic E-state index is -0.286. The fourth-order valence-electron chi connectivity index (χ4n) is 2.40. The molecule has 0 amide bonds. The third kappa shape index (κ3) is 2.27. The number of carbonyl (C=O) groups excluding carboxylic acids is 1. The molecule has 0 atom stereocenters. The van der Waals surface area contributed by atoms with Crippen molar-refractivity contribution in [1.29, 1.82) is 0 Å². The van der Waals surface area contributed by atoms with E-state index in [0.29, 0.717) is 21.8 Å². The first-order chi connectivity index (χ1) is 10.4. The van der Waals surface area contributed by atoms with Gasteiger partial charge in [-0.25, -0.2) is 9.97 Å². The van der Waals surface area contributed by atoms with E-state index in [4.69, 9.17) is 4.42 Å². The van der Waals surface area contributed by atoms with Gasteiger partial charge in [0, 0.05) is 11.8 Å². The summed E-state index contributed by atoms with van der Waals surface area (Å²) >= 11 is 1.48. The van der Waals surface area contributed by atoms with Crippen LogP contribution in [0.4, 0.5) is 0 Å². The third-order valence-corrected chi connectivity index (χ3v) is 4.74. The number of oxazole rings is 1. The number of aromatic nitrogens is 3. The summed E-state index contributed by atoms with van der Waals surface area (Å²) in [6.45, 7) is 7.14. The van der Waals surface area contributed by atoms with Gasteiger partial charge in [-0.2, -0.15) is 0 Å². The minimum absolute atomic E-state index is 0.106. The van der Waals surface area contributed by atoms with Crippen molar-refractivity contribution in [3.05, 3.63) is 44.5 Å². The highest BCUT2D eigenvalue weighted by atomic mass is 32.1. The SMILES string of the molecule is Cc1nc(C)c(C(=O)Cn2cnc3sc(C)c(C)c3c2=O)o1. The predicted molar refractivity (Wildman–Crippen MR) is 83.7 cm³/mol. The molecule has 3 aromatic heterocycles. The number of rotatable bonds is 3. The van der Waals surface area contributed by atoms with Crippen LogP contribution in [0.3, 0.4) is 0 Å². The van der Waals surface area contributed by atoms with E-state index in [0.717, 1.165) is 10.4 Å². The second-order valence-electron chi connectivity index (χ2n) is 5.21. The molecule has 6 nitrogen and oxygen atoms in total. The average molecular weight is 317 g/mol. The molecule has 0 aliphatic heterocycles. The van der Waals surface area contributed by atoms with Crippen molar-refractivity contribution in [3.63, 3.8) is 0 Å². The number of thiophene rings is 1. The first kappa shape index (κ1) is 14.6. The number of carbonyl (C=O) groups is 1. The Morgan fingerprint density at radius 1 is 1.32 bits per heavy atom. The lowest BCUT2D eigenvalue weighted by molar-refractivity contribution is 0.0941. The standard InChI is InChI=1S/C15H15N3O3S/c1-7-9(3)22-14-12(7)15(20)18(6-16-14)5-11(19)13-8(2)17-10(4)21-13/h6H,5H2,1-4H3. The summed E-state index contributed by atoms with van der Waals surface area (Å²) in [4.78, 5) is 35.0. The van der Waals surface area contributed by atoms with Crippen LogP contribution >= 0.6 is 11.3 Å². The van der Waals surface area contributed by atoms with Gasteiger partial charge in [0.05, 0.1) is 24.0 Å². The minimum Gasteiger partial charge on any atom is -0.438 e. The predicted octanol–water partition coefficient (Wildman–Crippen LogP) is 2.56. The molecule has 0 bridgehead atoms. The molecule has 114 valence electrons. The van der Waals surface area contributed by atoms with E-state index >= 15 is 0 Å². The van der Waals surface area contributed by atoms with Gasteiger partial charge in [-0.3, -0.25) is 14.2 Å². The van der Waals surface area contributed by atoms with E-state index in [1.165, 1.54) is 22.2 Å². The number of nitrogens with zero attached hydrogens (tertiary/aromatic N) is 3. The van der Waals surface area contributed by atoms with Gasteiger partial charge in [0.25, 0.3) is 5.56 Å². The second kappa shape index (κ2) is 5.17. The quantitative estimate of drug-likeness (QED) is 0.694. The van der Waals surface area contributed by atoms with Crippen LogP contribution in [0, 0.1) is 27.7 Å². The fourth-order valence-corrected chi connectivity index (χ4v) is 3.39. The monoisotopic (exact) mass is 317 g/mol. The van der Waals surface area contributed by atoms with Crippen molar-refractivity contribution in [2.24, 2.45) is 0 Å². The van der Waals surface area contributed by atoms with E-state index < -0.39 is 0 Å². The molecule has 22 heavy (non-hydrogen) atoms. The first-order valence-corrected chi connectivity index (χ1v) is 7.62. The molecule has 0 N–H and O–H groups in total. The number of hydrogen-bond donors (Lipinski definition) is 0. The highest BCUT2D eigenvalue weighted by molar-refractivity contribution is 7.18. The molecule has 3 rings (SSSR count). The Morgan fingerprint density at radius 2 is 2.05 bits per heavy atom. The normalized spacial score (nSPS) is 11.3. The van der Waals surface area contributed by atoms with E-state index in [2.05, 4.69) is 9.97 Å². The van der Waals surface area contributed by atoms with Crippen molar-refractivity contribution >= 4 is 27.3 Å². The summed E-state index contributed by atoms with van der Waals surface area (Å²) in [6, 6.07) is 0. The molecular weight excluding hydrogens is 302 g/mol. The Kier molecular flexibility index (Phi) is 3.44. The van der Waals surface area contributed by atoms with Crippen LogP contribution in [0.2, 0.25) is 0 Å². The first-order valence-electron chi connectivity index (χ1n) is 6.81. The Balaban J connectivity index is 2.03. The number of ketones is 1. The van der Waals surface area contributed by atoms with Crippen molar-refractivity contribution in [2.45, 2.75) is 34.2 Å². The Bertz CT molecular complexity index is 949. The lowest BCUT2D eigenvalue weighted by Crippen LogP contribution is -2.24. The van der Waals surface area contributed by atoms with Gasteiger partial charge < -0.3 is 4.42 Å². The highest BCUT2D eigenvalue weighted by Crippen LogP contribution is 2.25. The van der Waals surface area contributed by atoms with Crippen LogP contribution in [-0.2, 0) is 6.54 Å². The van der Waals surface area contributed by atoms with Crippen LogP contribution in [0.1, 0.15) is 32.6 Å². The smallest absolute Gasteiger partial charge is 0.262 e. The summed E-state index contributed by atoms with van der Waals surface area (Å²) in [7, 11) is 0. The Labute approximate surface area is 130 Å². The van der Waals surface area contributed by atoms with Crippen LogP contribution in [-0.4, -0.2) is 20.3 Å². The molecule has 0 fully saturated rings. The molecule has 0 radical (unpaired) electrons. The van der Waals surface area contributed by atoms with Gasteiger partial charge >= 0.3 is 0 Å². The molecule has 0 saturated heterocycles. The van der Waals surface area contributed by atoms with E-state index in [1.54, 1.807) is 13.8 Å². The molecule has 0 aromatic carbocycles. The molecule has 3 aromatic rings. The molecule has 0 saturated carbocycles. The van der Waals surface area contributed by atoms with Crippen LogP contribution in [0.25, 0.3) is 10.2 Å². The molecular formula is C15H15N3O3S. The number of aryl methyl sites for hydroxylation is 4. The molecule has 0 aliphatic rings. The van der Waals surface area contributed by atoms with Crippen molar-refractivity contribution in [2.75, 3.05) is 0 Å². The summed E-state index contributed by atoms with van der Waals surface area (Å²) in [5.41, 5.74) is 1.26. The topological polar surface area (TPSA) is 78.0 Å². The van der Waals surface area contributed by atoms with Crippen LogP contribution < -0.4 is 5.56 Å². The number of fused-ring (bicyclic) bond motifs is 1. The number of hydrogen-bond acceptors (Lipinski definition) is 6. The number of Topliss-reactive ketones (excluding diaryl/α,β-unsaturated/α-hetero) is 1. The van der Waals surface area contributed by atoms with E-state index in [9.17, 15) is 9.59 Å². The fraction of sp³-hybridized carbons (Fsp3) is 0.333. The van der Waals surface area contributed by atoms with Crippen molar-refractivity contribution in [3.8, 4) is 0 Å². The third-order valence-electron chi connectivity index (χ3n) is 3.63. The van der Waals surface area contributed by atoms with E-state index in [-0.39, 0.29) is 23.6 Å². The Hall–Kier alpha value is -2.28. The van der Waals surface area contributed by atoms with E-state index in [1.807, 2.05) is 13.8 Å². The maximum Gasteiger partial charge on any atom is 0.262 e. The largest absolute Gasteiger partial charge is 0.438 e. The Morgan fingerprint density at radius 3 is 2.68 bits per heavy atom. The molecule has 0 aliphatic carbocycles. The van der Waals surface area contributed by atoms with Gasteiger partial charge in [-0.05, 0) is 26.3 Å². The summed E-state index contributed by atoms with van der Waals surface area (Å²) < 4.78 is 6.63. The zero-order chi connectivity index (χ0) is 16.0. The molecule has 0 unspecified atom stereocenters. The highest BCUT2D eigenvalue weighted by Gasteiger charge is 2.18. The summed E-state index contributed by atoms with van der Waals surface area (Å²) in [5, 5.41) is 0.586. The average Bonchev–Trinajstić information content (AvgIpc) is 2.94. The zero-order valence-corrected chi connectivity index (χ0v) is 13.6. The molecule has 3 heterocycles. The van der Waals surface area contributed by atoms with Gasteiger partial charge in [0.1, 0.15) is 4.83 Å². The van der Waals surface area contributed by atoms with Gasteiger partial charge in [0.15, 0.2) is 11.7 Å². The maximum absolute atomic E-state index is 12.6. The van der Waals surface area contributed by atoms with Crippen LogP contribution in [0.15, 0.2) is 15.5 Å². The van der Waals surface area contributed by atoms with Crippen molar-refractivity contribution in [1.82, 2.24) is 14.5 Å². The zero-order valence-electron chi connectivity index (χ0n) is 12.8. The van der Waals surface area contributed by atoms with Gasteiger partial charge in [-0.15, -0.1) is 11.3 Å². The van der Waals surface area contributed by atoms with Crippen LogP contribution in [0.5, 0.6) is 0 Å². The lowest BCUT2D eigenvalue weighted by Gasteiger charge is -2.03.